The van der Waals surface area contributed by atoms with Crippen molar-refractivity contribution in [1.82, 2.24) is 5.32 Å². The summed E-state index contributed by atoms with van der Waals surface area (Å²) in [6.07, 6.45) is -3.27. The second kappa shape index (κ2) is 7.26. The Labute approximate surface area is 143 Å². The van der Waals surface area contributed by atoms with Crippen LogP contribution in [0.3, 0.4) is 0 Å². The number of carbonyl (C=O) groups is 1. The summed E-state index contributed by atoms with van der Waals surface area (Å²) in [5.41, 5.74) is 0.699. The minimum absolute atomic E-state index is 0.0854. The van der Waals surface area contributed by atoms with Crippen LogP contribution in [0, 0.1) is 0 Å². The van der Waals surface area contributed by atoms with Gasteiger partial charge in [0.1, 0.15) is 0 Å². The van der Waals surface area contributed by atoms with E-state index in [1.807, 2.05) is 0 Å². The Kier molecular flexibility index (Phi) is 5.52. The van der Waals surface area contributed by atoms with Gasteiger partial charge in [0.25, 0.3) is 5.91 Å². The number of carbonyl (C=O) groups excluding carboxylic acids is 1. The average Bonchev–Trinajstić information content (AvgIpc) is 2.51. The first-order valence-electron chi connectivity index (χ1n) is 7.25. The molecule has 134 valence electrons. The van der Waals surface area contributed by atoms with Gasteiger partial charge in [0.05, 0.1) is 11.3 Å². The van der Waals surface area contributed by atoms with Crippen LogP contribution in [0.1, 0.15) is 27.0 Å². The summed E-state index contributed by atoms with van der Waals surface area (Å²) in [4.78, 5) is 12.0. The number of hydrogen-bond acceptors (Lipinski definition) is 3. The second-order valence-electron chi connectivity index (χ2n) is 5.64. The van der Waals surface area contributed by atoms with E-state index in [2.05, 4.69) is 5.32 Å². The largest absolute Gasteiger partial charge is 0.416 e. The molecule has 0 radical (unpaired) electrons. The first-order valence-corrected chi connectivity index (χ1v) is 9.32. The van der Waals surface area contributed by atoms with Crippen LogP contribution in [0.4, 0.5) is 13.2 Å². The maximum atomic E-state index is 12.5. The molecule has 8 heteroatoms. The van der Waals surface area contributed by atoms with Crippen LogP contribution in [0.2, 0.25) is 0 Å². The molecule has 4 nitrogen and oxygen atoms in total. The van der Waals surface area contributed by atoms with Crippen molar-refractivity contribution in [2.45, 2.75) is 18.5 Å². The number of nitrogens with one attached hydrogen (secondary N) is 1. The van der Waals surface area contributed by atoms with Gasteiger partial charge in [0.15, 0.2) is 9.84 Å². The van der Waals surface area contributed by atoms with Gasteiger partial charge in [0.2, 0.25) is 0 Å². The molecule has 0 atom stereocenters. The molecule has 0 fully saturated rings. The number of hydrogen-bond donors (Lipinski definition) is 1. The Balaban J connectivity index is 1.96. The highest BCUT2D eigenvalue weighted by molar-refractivity contribution is 7.89. The third-order valence-corrected chi connectivity index (χ3v) is 4.24. The van der Waals surface area contributed by atoms with Crippen molar-refractivity contribution in [1.29, 1.82) is 0 Å². The molecule has 0 saturated heterocycles. The van der Waals surface area contributed by atoms with E-state index in [9.17, 15) is 26.4 Å². The van der Waals surface area contributed by atoms with E-state index in [-0.39, 0.29) is 12.3 Å². The highest BCUT2D eigenvalue weighted by Crippen LogP contribution is 2.29. The summed E-state index contributed by atoms with van der Waals surface area (Å²) in [5, 5.41) is 2.60. The van der Waals surface area contributed by atoms with Crippen LogP contribution < -0.4 is 5.32 Å². The van der Waals surface area contributed by atoms with Crippen molar-refractivity contribution in [2.75, 3.05) is 6.26 Å². The molecule has 0 aromatic heterocycles. The highest BCUT2D eigenvalue weighted by Gasteiger charge is 2.29. The lowest BCUT2D eigenvalue weighted by Gasteiger charge is -2.09. The molecule has 0 aliphatic rings. The van der Waals surface area contributed by atoms with Crippen LogP contribution in [0.5, 0.6) is 0 Å². The standard InChI is InChI=1S/C17H16F3NO3S/c1-25(23,24)11-13-2-6-14(7-3-13)16(22)21-10-12-4-8-15(9-5-12)17(18,19)20/h2-9H,10-11H2,1H3,(H,21,22). The van der Waals surface area contributed by atoms with Crippen molar-refractivity contribution in [3.63, 3.8) is 0 Å². The summed E-state index contributed by atoms with van der Waals surface area (Å²) in [6.45, 7) is 0.0854. The topological polar surface area (TPSA) is 63.2 Å². The molecule has 0 bridgehead atoms. The number of alkyl halides is 3. The van der Waals surface area contributed by atoms with E-state index in [0.29, 0.717) is 16.7 Å². The molecule has 0 saturated carbocycles. The molecule has 1 amide bonds. The van der Waals surface area contributed by atoms with Crippen LogP contribution in [0.15, 0.2) is 48.5 Å². The lowest BCUT2D eigenvalue weighted by atomic mass is 10.1. The predicted octanol–water partition coefficient (Wildman–Crippen LogP) is 3.18. The van der Waals surface area contributed by atoms with E-state index >= 15 is 0 Å². The van der Waals surface area contributed by atoms with Crippen molar-refractivity contribution in [3.05, 3.63) is 70.8 Å². The van der Waals surface area contributed by atoms with Gasteiger partial charge in [-0.1, -0.05) is 24.3 Å². The summed E-state index contributed by atoms with van der Waals surface area (Å²) >= 11 is 0. The molecule has 25 heavy (non-hydrogen) atoms. The molecule has 0 aliphatic carbocycles. The molecule has 2 aromatic carbocycles. The number of halogens is 3. The predicted molar refractivity (Wildman–Crippen MR) is 87.6 cm³/mol. The normalized spacial score (nSPS) is 12.0. The Hall–Kier alpha value is -2.35. The average molecular weight is 371 g/mol. The molecule has 0 spiro atoms. The second-order valence-corrected chi connectivity index (χ2v) is 7.78. The molecular formula is C17H16F3NO3S. The Bertz CT molecular complexity index is 842. The van der Waals surface area contributed by atoms with Crippen LogP contribution in [0.25, 0.3) is 0 Å². The first-order chi connectivity index (χ1) is 11.5. The third kappa shape index (κ3) is 5.90. The quantitative estimate of drug-likeness (QED) is 0.878. The highest BCUT2D eigenvalue weighted by atomic mass is 32.2. The zero-order valence-corrected chi connectivity index (χ0v) is 14.1. The third-order valence-electron chi connectivity index (χ3n) is 3.38. The Morgan fingerprint density at radius 2 is 1.48 bits per heavy atom. The van der Waals surface area contributed by atoms with E-state index in [4.69, 9.17) is 0 Å². The van der Waals surface area contributed by atoms with Crippen LogP contribution in [-0.2, 0) is 28.3 Å². The molecular weight excluding hydrogens is 355 g/mol. The van der Waals surface area contributed by atoms with Gasteiger partial charge in [-0.3, -0.25) is 4.79 Å². The van der Waals surface area contributed by atoms with Gasteiger partial charge < -0.3 is 5.32 Å². The molecule has 0 aliphatic heterocycles. The molecule has 1 N–H and O–H groups in total. The maximum absolute atomic E-state index is 12.5. The summed E-state index contributed by atoms with van der Waals surface area (Å²) in [7, 11) is -3.15. The lowest BCUT2D eigenvalue weighted by Crippen LogP contribution is -2.22. The number of amides is 1. The van der Waals surface area contributed by atoms with Crippen molar-refractivity contribution < 1.29 is 26.4 Å². The minimum atomic E-state index is -4.39. The minimum Gasteiger partial charge on any atom is -0.348 e. The van der Waals surface area contributed by atoms with Gasteiger partial charge in [-0.05, 0) is 35.4 Å². The van der Waals surface area contributed by atoms with Crippen LogP contribution >= 0.6 is 0 Å². The van der Waals surface area contributed by atoms with E-state index in [0.717, 1.165) is 18.4 Å². The zero-order valence-electron chi connectivity index (χ0n) is 13.3. The monoisotopic (exact) mass is 371 g/mol. The zero-order chi connectivity index (χ0) is 18.7. The SMILES string of the molecule is CS(=O)(=O)Cc1ccc(C(=O)NCc2ccc(C(F)(F)F)cc2)cc1. The van der Waals surface area contributed by atoms with Gasteiger partial charge in [-0.2, -0.15) is 13.2 Å². The Morgan fingerprint density at radius 1 is 0.960 bits per heavy atom. The van der Waals surface area contributed by atoms with Gasteiger partial charge in [0, 0.05) is 18.4 Å². The summed E-state index contributed by atoms with van der Waals surface area (Å²) in [6, 6.07) is 10.6. The summed E-state index contributed by atoms with van der Waals surface area (Å²) in [5.74, 6) is -0.508. The van der Waals surface area contributed by atoms with Crippen molar-refractivity contribution in [2.24, 2.45) is 0 Å². The van der Waals surface area contributed by atoms with E-state index in [1.165, 1.54) is 24.3 Å². The molecule has 2 rings (SSSR count). The van der Waals surface area contributed by atoms with Crippen molar-refractivity contribution in [3.8, 4) is 0 Å². The van der Waals surface area contributed by atoms with Gasteiger partial charge >= 0.3 is 6.18 Å². The van der Waals surface area contributed by atoms with E-state index in [1.54, 1.807) is 12.1 Å². The number of sulfone groups is 1. The van der Waals surface area contributed by atoms with Crippen LogP contribution in [-0.4, -0.2) is 20.6 Å². The fourth-order valence-electron chi connectivity index (χ4n) is 2.15. The lowest BCUT2D eigenvalue weighted by molar-refractivity contribution is -0.137. The fourth-order valence-corrected chi connectivity index (χ4v) is 2.95. The van der Waals surface area contributed by atoms with Gasteiger partial charge in [-0.15, -0.1) is 0 Å². The van der Waals surface area contributed by atoms with Gasteiger partial charge in [-0.25, -0.2) is 8.42 Å². The molecule has 0 unspecified atom stereocenters. The Morgan fingerprint density at radius 3 is 1.96 bits per heavy atom. The number of rotatable bonds is 5. The maximum Gasteiger partial charge on any atom is 0.416 e. The smallest absolute Gasteiger partial charge is 0.348 e. The fraction of sp³-hybridized carbons (Fsp3) is 0.235. The van der Waals surface area contributed by atoms with E-state index < -0.39 is 27.5 Å². The summed E-state index contributed by atoms with van der Waals surface area (Å²) < 4.78 is 59.9. The molecule has 0 heterocycles. The van der Waals surface area contributed by atoms with Crippen molar-refractivity contribution >= 4 is 15.7 Å². The number of benzene rings is 2. The first kappa shape index (κ1) is 19.0. The molecule has 2 aromatic rings.